The van der Waals surface area contributed by atoms with Crippen molar-refractivity contribution in [2.45, 2.75) is 19.3 Å². The topological polar surface area (TPSA) is 0 Å². The largest absolute Gasteiger partial charge is 0.0622 e. The molecule has 7 aromatic rings. The highest BCUT2D eigenvalue weighted by Crippen LogP contribution is 2.52. The van der Waals surface area contributed by atoms with Crippen LogP contribution >= 0.6 is 0 Å². The SMILES string of the molecule is CC1(C)c2ccc(-c3cccc(-c4ccccc4)c3)cc2-c2cc3c4ccccc4c4ccccc4c3cc21. The van der Waals surface area contributed by atoms with Gasteiger partial charge in [-0.15, -0.1) is 0 Å². The van der Waals surface area contributed by atoms with Crippen LogP contribution in [0.2, 0.25) is 0 Å². The van der Waals surface area contributed by atoms with E-state index in [2.05, 4.69) is 147 Å². The summed E-state index contributed by atoms with van der Waals surface area (Å²) in [6.07, 6.45) is 0. The van der Waals surface area contributed by atoms with Crippen LogP contribution in [0.15, 0.2) is 133 Å². The molecule has 39 heavy (non-hydrogen) atoms. The second kappa shape index (κ2) is 8.16. The Balaban J connectivity index is 1.37. The molecule has 0 radical (unpaired) electrons. The van der Waals surface area contributed by atoms with Gasteiger partial charge in [-0.1, -0.05) is 123 Å². The van der Waals surface area contributed by atoms with Crippen molar-refractivity contribution < 1.29 is 0 Å². The molecule has 1 aliphatic rings. The predicted molar refractivity (Wildman–Crippen MR) is 167 cm³/mol. The maximum absolute atomic E-state index is 2.48. The van der Waals surface area contributed by atoms with Gasteiger partial charge in [0.1, 0.15) is 0 Å². The Morgan fingerprint density at radius 2 is 0.821 bits per heavy atom. The highest BCUT2D eigenvalue weighted by Gasteiger charge is 2.36. The molecule has 7 aromatic carbocycles. The van der Waals surface area contributed by atoms with E-state index in [-0.39, 0.29) is 5.41 Å². The van der Waals surface area contributed by atoms with Gasteiger partial charge in [0.2, 0.25) is 0 Å². The van der Waals surface area contributed by atoms with Gasteiger partial charge >= 0.3 is 0 Å². The summed E-state index contributed by atoms with van der Waals surface area (Å²) in [4.78, 5) is 0. The molecule has 0 fully saturated rings. The van der Waals surface area contributed by atoms with Crippen molar-refractivity contribution in [3.05, 3.63) is 145 Å². The van der Waals surface area contributed by atoms with E-state index in [0.29, 0.717) is 0 Å². The standard InChI is InChI=1S/C39H28/c1-39(2)37-20-19-28(27-14-10-13-26(21-27)25-11-4-3-5-12-25)22-35(37)36-23-33-31-17-8-6-15-29(31)30-16-7-9-18-32(30)34(33)24-38(36)39/h3-24H,1-2H3. The van der Waals surface area contributed by atoms with Crippen LogP contribution in [0.1, 0.15) is 25.0 Å². The minimum atomic E-state index is -0.0595. The Hall–Kier alpha value is -4.68. The smallest absolute Gasteiger partial charge is 0.0159 e. The van der Waals surface area contributed by atoms with Crippen LogP contribution in [0.4, 0.5) is 0 Å². The predicted octanol–water partition coefficient (Wildman–Crippen LogP) is 10.8. The van der Waals surface area contributed by atoms with Gasteiger partial charge in [-0.05, 0) is 101 Å². The summed E-state index contributed by atoms with van der Waals surface area (Å²) in [6.45, 7) is 4.75. The van der Waals surface area contributed by atoms with Gasteiger partial charge in [0.05, 0.1) is 0 Å². The van der Waals surface area contributed by atoms with Gasteiger partial charge in [-0.25, -0.2) is 0 Å². The van der Waals surface area contributed by atoms with Crippen LogP contribution in [0.25, 0.3) is 65.7 Å². The normalized spacial score (nSPS) is 13.6. The summed E-state index contributed by atoms with van der Waals surface area (Å²) in [7, 11) is 0. The zero-order valence-electron chi connectivity index (χ0n) is 22.2. The zero-order valence-corrected chi connectivity index (χ0v) is 22.2. The number of benzene rings is 7. The first kappa shape index (κ1) is 22.3. The van der Waals surface area contributed by atoms with Crippen LogP contribution < -0.4 is 0 Å². The molecule has 0 aliphatic heterocycles. The van der Waals surface area contributed by atoms with Crippen molar-refractivity contribution in [1.82, 2.24) is 0 Å². The van der Waals surface area contributed by atoms with E-state index < -0.39 is 0 Å². The Kier molecular flexibility index (Phi) is 4.67. The minimum Gasteiger partial charge on any atom is -0.0622 e. The Bertz CT molecular complexity index is 2080. The van der Waals surface area contributed by atoms with Crippen molar-refractivity contribution in [2.24, 2.45) is 0 Å². The minimum absolute atomic E-state index is 0.0595. The van der Waals surface area contributed by atoms with Crippen LogP contribution in [0.5, 0.6) is 0 Å². The lowest BCUT2D eigenvalue weighted by molar-refractivity contribution is 0.661. The average molecular weight is 497 g/mol. The maximum atomic E-state index is 2.48. The van der Waals surface area contributed by atoms with Crippen LogP contribution in [-0.4, -0.2) is 0 Å². The zero-order chi connectivity index (χ0) is 26.1. The first-order valence-corrected chi connectivity index (χ1v) is 13.8. The summed E-state index contributed by atoms with van der Waals surface area (Å²) in [5.41, 5.74) is 10.5. The van der Waals surface area contributed by atoms with Gasteiger partial charge in [-0.3, -0.25) is 0 Å². The van der Waals surface area contributed by atoms with Gasteiger partial charge < -0.3 is 0 Å². The number of hydrogen-bond acceptors (Lipinski definition) is 0. The summed E-state index contributed by atoms with van der Waals surface area (Å²) in [5.74, 6) is 0. The Morgan fingerprint density at radius 1 is 0.333 bits per heavy atom. The number of fused-ring (bicyclic) bond motifs is 9. The molecule has 0 heteroatoms. The molecular formula is C39H28. The van der Waals surface area contributed by atoms with Gasteiger partial charge in [0.15, 0.2) is 0 Å². The molecule has 0 bridgehead atoms. The Labute approximate surface area is 229 Å². The third kappa shape index (κ3) is 3.25. The second-order valence-electron chi connectivity index (χ2n) is 11.4. The molecule has 0 atom stereocenters. The molecule has 0 saturated heterocycles. The maximum Gasteiger partial charge on any atom is 0.0159 e. The van der Waals surface area contributed by atoms with Gasteiger partial charge in [0, 0.05) is 5.41 Å². The molecule has 0 spiro atoms. The third-order valence-corrected chi connectivity index (χ3v) is 8.84. The van der Waals surface area contributed by atoms with E-state index in [1.54, 1.807) is 0 Å². The molecule has 0 amide bonds. The fourth-order valence-corrected chi connectivity index (χ4v) is 6.84. The number of rotatable bonds is 2. The lowest BCUT2D eigenvalue weighted by Crippen LogP contribution is -2.14. The molecule has 0 heterocycles. The fraction of sp³-hybridized carbons (Fsp3) is 0.0769. The monoisotopic (exact) mass is 496 g/mol. The van der Waals surface area contributed by atoms with Crippen molar-refractivity contribution in [3.8, 4) is 33.4 Å². The molecule has 184 valence electrons. The van der Waals surface area contributed by atoms with E-state index in [0.717, 1.165) is 0 Å². The summed E-state index contributed by atoms with van der Waals surface area (Å²) in [6, 6.07) is 49.3. The molecule has 0 nitrogen and oxygen atoms in total. The third-order valence-electron chi connectivity index (χ3n) is 8.84. The lowest BCUT2D eigenvalue weighted by Gasteiger charge is -2.22. The van der Waals surface area contributed by atoms with Crippen LogP contribution in [0, 0.1) is 0 Å². The van der Waals surface area contributed by atoms with Crippen molar-refractivity contribution >= 4 is 32.3 Å². The van der Waals surface area contributed by atoms with Crippen molar-refractivity contribution in [1.29, 1.82) is 0 Å². The Morgan fingerprint density at radius 3 is 1.49 bits per heavy atom. The summed E-state index contributed by atoms with van der Waals surface area (Å²) >= 11 is 0. The van der Waals surface area contributed by atoms with E-state index >= 15 is 0 Å². The number of hydrogen-bond donors (Lipinski definition) is 0. The first-order chi connectivity index (χ1) is 19.1. The van der Waals surface area contributed by atoms with E-state index in [4.69, 9.17) is 0 Å². The van der Waals surface area contributed by atoms with E-state index in [9.17, 15) is 0 Å². The van der Waals surface area contributed by atoms with Gasteiger partial charge in [-0.2, -0.15) is 0 Å². The molecule has 0 N–H and O–H groups in total. The van der Waals surface area contributed by atoms with Gasteiger partial charge in [0.25, 0.3) is 0 Å². The quantitative estimate of drug-likeness (QED) is 0.209. The second-order valence-corrected chi connectivity index (χ2v) is 11.4. The summed E-state index contributed by atoms with van der Waals surface area (Å²) in [5, 5.41) is 7.99. The summed E-state index contributed by atoms with van der Waals surface area (Å²) < 4.78 is 0. The molecule has 8 rings (SSSR count). The van der Waals surface area contributed by atoms with Crippen LogP contribution in [-0.2, 0) is 5.41 Å². The fourth-order valence-electron chi connectivity index (χ4n) is 6.84. The first-order valence-electron chi connectivity index (χ1n) is 13.8. The van der Waals surface area contributed by atoms with E-state index in [1.165, 1.54) is 76.8 Å². The molecule has 0 unspecified atom stereocenters. The lowest BCUT2D eigenvalue weighted by atomic mass is 9.81. The molecular weight excluding hydrogens is 468 g/mol. The molecule has 0 saturated carbocycles. The molecule has 0 aromatic heterocycles. The van der Waals surface area contributed by atoms with E-state index in [1.807, 2.05) is 0 Å². The van der Waals surface area contributed by atoms with Crippen molar-refractivity contribution in [2.75, 3.05) is 0 Å². The average Bonchev–Trinajstić information content (AvgIpc) is 3.22. The highest BCUT2D eigenvalue weighted by atomic mass is 14.4. The van der Waals surface area contributed by atoms with Crippen LogP contribution in [0.3, 0.4) is 0 Å². The molecule has 1 aliphatic carbocycles. The highest BCUT2D eigenvalue weighted by molar-refractivity contribution is 6.26. The van der Waals surface area contributed by atoms with Crippen molar-refractivity contribution in [3.63, 3.8) is 0 Å².